The molecule has 0 heterocycles. The summed E-state index contributed by atoms with van der Waals surface area (Å²) in [4.78, 5) is 12.5. The second-order valence-electron chi connectivity index (χ2n) is 5.96. The summed E-state index contributed by atoms with van der Waals surface area (Å²) in [6.45, 7) is 0. The van der Waals surface area contributed by atoms with Crippen molar-refractivity contribution in [2.45, 2.75) is 5.92 Å². The van der Waals surface area contributed by atoms with E-state index in [-0.39, 0.29) is 28.8 Å². The topological polar surface area (TPSA) is 64.7 Å². The molecule has 4 rings (SSSR count). The minimum atomic E-state index is -1.23. The van der Waals surface area contributed by atoms with Crippen molar-refractivity contribution in [1.29, 1.82) is 10.5 Å². The van der Waals surface area contributed by atoms with E-state index >= 15 is 0 Å². The van der Waals surface area contributed by atoms with Gasteiger partial charge in [-0.25, -0.2) is 0 Å². The van der Waals surface area contributed by atoms with Gasteiger partial charge < -0.3 is 0 Å². The fourth-order valence-electron chi connectivity index (χ4n) is 3.20. The predicted octanol–water partition coefficient (Wildman–Crippen LogP) is 3.43. The average molecular weight is 380 g/mol. The van der Waals surface area contributed by atoms with Gasteiger partial charge in [0.2, 0.25) is 0 Å². The molecule has 3 fully saturated rings. The molecule has 26 heavy (non-hydrogen) atoms. The predicted molar refractivity (Wildman–Crippen MR) is 93.3 cm³/mol. The Bertz CT molecular complexity index is 657. The van der Waals surface area contributed by atoms with E-state index in [1.807, 2.05) is 62.4 Å². The third kappa shape index (κ3) is 4.03. The molecule has 1 aromatic rings. The molecule has 4 heteroatoms. The van der Waals surface area contributed by atoms with Crippen LogP contribution in [0.3, 0.4) is 0 Å². The van der Waals surface area contributed by atoms with Crippen LogP contribution in [-0.4, -0.2) is 5.78 Å². The summed E-state index contributed by atoms with van der Waals surface area (Å²) in [5, 5.41) is 18.8. The van der Waals surface area contributed by atoms with Crippen molar-refractivity contribution in [2.24, 2.45) is 11.3 Å². The molecule has 0 unspecified atom stereocenters. The summed E-state index contributed by atoms with van der Waals surface area (Å²) >= 11 is 0. The number of ketones is 1. The van der Waals surface area contributed by atoms with E-state index in [4.69, 9.17) is 0 Å². The van der Waals surface area contributed by atoms with Crippen molar-refractivity contribution in [3.63, 3.8) is 0 Å². The molecular formula is C22H16FeN2O+2. The third-order valence-electron chi connectivity index (χ3n) is 4.52. The van der Waals surface area contributed by atoms with Crippen LogP contribution >= 0.6 is 0 Å². The van der Waals surface area contributed by atoms with Crippen molar-refractivity contribution >= 4 is 5.78 Å². The van der Waals surface area contributed by atoms with Gasteiger partial charge >= 0.3 is 17.1 Å². The van der Waals surface area contributed by atoms with E-state index in [1.165, 1.54) is 0 Å². The monoisotopic (exact) mass is 380 g/mol. The Balaban J connectivity index is 0.000000351. The van der Waals surface area contributed by atoms with Crippen molar-refractivity contribution in [3.05, 3.63) is 99.6 Å². The number of hydrogen-bond donors (Lipinski definition) is 0. The standard InChI is InChI=1S/C17H11N2O.C5H5.Fe/c18-10-17(11-19)14(12-6-2-1-3-7-12)15(17)16(20)13-8-4-5-9-13;1-2-4-5-3-1;/h1-9,14-15H;1-5H;/q;;+2/t14-,15+;;/m1../s1. The molecule has 0 aliphatic heterocycles. The SMILES string of the molecule is N#CC1(C#N)[C@H](C(=O)[C]2[CH][CH][CH][CH]2)[C@H]1c1ccccc1.[CH]1[CH][CH][CH][CH]1.[Fe+2]. The first-order chi connectivity index (χ1) is 12.2. The van der Waals surface area contributed by atoms with Gasteiger partial charge in [0.25, 0.3) is 0 Å². The van der Waals surface area contributed by atoms with E-state index in [0.717, 1.165) is 5.56 Å². The van der Waals surface area contributed by atoms with Gasteiger partial charge in [0.05, 0.1) is 18.1 Å². The van der Waals surface area contributed by atoms with E-state index in [9.17, 15) is 15.3 Å². The Kier molecular flexibility index (Phi) is 7.45. The Morgan fingerprint density at radius 1 is 0.846 bits per heavy atom. The Labute approximate surface area is 167 Å². The number of hydrogen-bond acceptors (Lipinski definition) is 3. The minimum Gasteiger partial charge on any atom is -0.299 e. The second-order valence-corrected chi connectivity index (χ2v) is 5.96. The van der Waals surface area contributed by atoms with E-state index in [0.29, 0.717) is 5.92 Å². The van der Waals surface area contributed by atoms with Gasteiger partial charge in [0.15, 0.2) is 5.41 Å². The number of rotatable bonds is 3. The number of benzene rings is 1. The molecule has 0 amide bonds. The summed E-state index contributed by atoms with van der Waals surface area (Å²) < 4.78 is 0. The molecule has 0 saturated heterocycles. The van der Waals surface area contributed by atoms with Gasteiger partial charge in [-0.1, -0.05) is 30.3 Å². The maximum Gasteiger partial charge on any atom is 2.00 e. The van der Waals surface area contributed by atoms with Gasteiger partial charge in [-0.15, -0.1) is 0 Å². The fourth-order valence-corrected chi connectivity index (χ4v) is 3.20. The molecule has 2 atom stereocenters. The van der Waals surface area contributed by atoms with Crippen LogP contribution in [-0.2, 0) is 21.9 Å². The smallest absolute Gasteiger partial charge is 0.299 e. The molecule has 0 spiro atoms. The Hall–Kier alpha value is -1.61. The molecular weight excluding hydrogens is 364 g/mol. The number of nitrogens with zero attached hydrogens (tertiary/aromatic N) is 2. The summed E-state index contributed by atoms with van der Waals surface area (Å²) in [7, 11) is 0. The number of nitriles is 2. The second kappa shape index (κ2) is 9.36. The fraction of sp³-hybridized carbons (Fsp3) is 0.136. The van der Waals surface area contributed by atoms with Gasteiger partial charge in [-0.3, -0.25) is 4.79 Å². The number of carbonyl (C=O) groups excluding carboxylic acids is 1. The number of carbonyl (C=O) groups is 1. The zero-order chi connectivity index (χ0) is 17.7. The van der Waals surface area contributed by atoms with Crippen LogP contribution < -0.4 is 0 Å². The Morgan fingerprint density at radius 3 is 1.81 bits per heavy atom. The van der Waals surface area contributed by atoms with Crippen molar-refractivity contribution < 1.29 is 21.9 Å². The van der Waals surface area contributed by atoms with E-state index in [1.54, 1.807) is 25.7 Å². The molecule has 10 radical (unpaired) electrons. The van der Waals surface area contributed by atoms with Crippen molar-refractivity contribution in [2.75, 3.05) is 0 Å². The van der Waals surface area contributed by atoms with Crippen molar-refractivity contribution in [3.8, 4) is 12.1 Å². The largest absolute Gasteiger partial charge is 2.00 e. The maximum absolute atomic E-state index is 12.5. The van der Waals surface area contributed by atoms with Gasteiger partial charge in [0.1, 0.15) is 5.78 Å². The van der Waals surface area contributed by atoms with E-state index in [2.05, 4.69) is 12.1 Å². The van der Waals surface area contributed by atoms with Crippen LogP contribution in [0.25, 0.3) is 0 Å². The molecule has 3 aliphatic rings. The molecule has 0 N–H and O–H groups in total. The zero-order valence-corrected chi connectivity index (χ0v) is 15.0. The summed E-state index contributed by atoms with van der Waals surface area (Å²) in [5.41, 5.74) is -0.351. The first kappa shape index (κ1) is 20.7. The third-order valence-corrected chi connectivity index (χ3v) is 4.52. The van der Waals surface area contributed by atoms with Gasteiger partial charge in [-0.05, 0) is 63.4 Å². The van der Waals surface area contributed by atoms with Crippen LogP contribution in [0, 0.1) is 97.7 Å². The zero-order valence-electron chi connectivity index (χ0n) is 13.9. The number of Topliss-reactive ketones (excluding diaryl/α,β-unsaturated/α-hetero) is 1. The van der Waals surface area contributed by atoms with E-state index < -0.39 is 11.3 Å². The van der Waals surface area contributed by atoms with Crippen LogP contribution in [0.5, 0.6) is 0 Å². The van der Waals surface area contributed by atoms with Crippen LogP contribution in [0.4, 0.5) is 0 Å². The van der Waals surface area contributed by atoms with Crippen LogP contribution in [0.2, 0.25) is 0 Å². The summed E-state index contributed by atoms with van der Waals surface area (Å²) in [5.74, 6) is -0.446. The molecule has 3 aliphatic carbocycles. The quantitative estimate of drug-likeness (QED) is 0.755. The molecule has 1 aromatic carbocycles. The van der Waals surface area contributed by atoms with Crippen LogP contribution in [0.15, 0.2) is 30.3 Å². The molecule has 126 valence electrons. The minimum absolute atomic E-state index is 0. The summed E-state index contributed by atoms with van der Waals surface area (Å²) in [6, 6.07) is 13.5. The van der Waals surface area contributed by atoms with Crippen LogP contribution in [0.1, 0.15) is 11.5 Å². The molecule has 0 bridgehead atoms. The first-order valence-electron chi connectivity index (χ1n) is 8.04. The normalized spacial score (nSPS) is 25.8. The molecule has 3 saturated carbocycles. The van der Waals surface area contributed by atoms with Crippen molar-refractivity contribution in [1.82, 2.24) is 0 Å². The first-order valence-corrected chi connectivity index (χ1v) is 8.04. The molecule has 3 nitrogen and oxygen atoms in total. The average Bonchev–Trinajstić information content (AvgIpc) is 3.15. The van der Waals surface area contributed by atoms with Gasteiger partial charge in [0, 0.05) is 11.8 Å². The summed E-state index contributed by atoms with van der Waals surface area (Å²) in [6.07, 6.45) is 17.0. The van der Waals surface area contributed by atoms with Gasteiger partial charge in [-0.2, -0.15) is 10.5 Å². The maximum atomic E-state index is 12.5. The Morgan fingerprint density at radius 2 is 1.35 bits per heavy atom. The molecule has 0 aromatic heterocycles.